The topological polar surface area (TPSA) is 12.0 Å². The lowest BCUT2D eigenvalue weighted by Gasteiger charge is -2.20. The van der Waals surface area contributed by atoms with Crippen LogP contribution in [0.15, 0.2) is 12.1 Å². The number of aryl methyl sites for hydroxylation is 1. The molecular formula is C13H15F2N. The Kier molecular flexibility index (Phi) is 2.43. The number of benzene rings is 1. The van der Waals surface area contributed by atoms with Crippen molar-refractivity contribution in [2.75, 3.05) is 6.54 Å². The van der Waals surface area contributed by atoms with Crippen LogP contribution >= 0.6 is 0 Å². The quantitative estimate of drug-likeness (QED) is 0.772. The summed E-state index contributed by atoms with van der Waals surface area (Å²) in [5.41, 5.74) is 1.64. The van der Waals surface area contributed by atoms with E-state index in [9.17, 15) is 8.78 Å². The number of halogens is 2. The SMILES string of the molecule is Fc1cc(F)c2c(c1)CC[C@H]2[C@H]1CCCN1. The average molecular weight is 223 g/mol. The molecule has 0 amide bonds. The summed E-state index contributed by atoms with van der Waals surface area (Å²) in [6, 6.07) is 2.90. The highest BCUT2D eigenvalue weighted by Gasteiger charge is 2.33. The summed E-state index contributed by atoms with van der Waals surface area (Å²) < 4.78 is 26.9. The molecule has 3 rings (SSSR count). The molecule has 0 aromatic heterocycles. The van der Waals surface area contributed by atoms with Crippen molar-refractivity contribution in [2.45, 2.75) is 37.6 Å². The molecule has 1 aliphatic carbocycles. The van der Waals surface area contributed by atoms with Crippen LogP contribution in [-0.2, 0) is 6.42 Å². The molecule has 1 heterocycles. The minimum absolute atomic E-state index is 0.248. The van der Waals surface area contributed by atoms with Crippen LogP contribution < -0.4 is 5.32 Å². The first-order chi connectivity index (χ1) is 7.75. The second kappa shape index (κ2) is 3.81. The van der Waals surface area contributed by atoms with E-state index in [-0.39, 0.29) is 11.7 Å². The Bertz CT molecular complexity index is 411. The van der Waals surface area contributed by atoms with Crippen LogP contribution in [0.25, 0.3) is 0 Å². The molecule has 2 aliphatic rings. The van der Waals surface area contributed by atoms with Gasteiger partial charge in [-0.25, -0.2) is 8.78 Å². The molecule has 1 saturated heterocycles. The highest BCUT2D eigenvalue weighted by molar-refractivity contribution is 5.38. The lowest BCUT2D eigenvalue weighted by atomic mass is 9.92. The van der Waals surface area contributed by atoms with E-state index in [4.69, 9.17) is 0 Å². The average Bonchev–Trinajstić information content (AvgIpc) is 2.82. The third kappa shape index (κ3) is 1.54. The van der Waals surface area contributed by atoms with E-state index in [0.717, 1.165) is 43.0 Å². The lowest BCUT2D eigenvalue weighted by Crippen LogP contribution is -2.28. The van der Waals surface area contributed by atoms with Gasteiger partial charge < -0.3 is 5.32 Å². The Morgan fingerprint density at radius 3 is 2.81 bits per heavy atom. The molecule has 2 atom stereocenters. The summed E-state index contributed by atoms with van der Waals surface area (Å²) in [5.74, 6) is -0.555. The first-order valence-corrected chi connectivity index (χ1v) is 5.97. The van der Waals surface area contributed by atoms with Crippen molar-refractivity contribution < 1.29 is 8.78 Å². The molecule has 0 bridgehead atoms. The molecule has 1 aromatic rings. The van der Waals surface area contributed by atoms with Crippen LogP contribution in [0.2, 0.25) is 0 Å². The minimum atomic E-state index is -0.448. The van der Waals surface area contributed by atoms with Gasteiger partial charge in [0.15, 0.2) is 0 Å². The van der Waals surface area contributed by atoms with Gasteiger partial charge in [-0.3, -0.25) is 0 Å². The normalized spacial score (nSPS) is 28.4. The van der Waals surface area contributed by atoms with Gasteiger partial charge in [0.05, 0.1) is 0 Å². The minimum Gasteiger partial charge on any atom is -0.313 e. The van der Waals surface area contributed by atoms with Gasteiger partial charge in [0, 0.05) is 18.0 Å². The van der Waals surface area contributed by atoms with E-state index in [1.807, 2.05) is 0 Å². The van der Waals surface area contributed by atoms with Gasteiger partial charge in [0.25, 0.3) is 0 Å². The van der Waals surface area contributed by atoms with Crippen molar-refractivity contribution in [2.24, 2.45) is 0 Å². The fourth-order valence-corrected chi connectivity index (χ4v) is 3.17. The molecule has 1 N–H and O–H groups in total. The van der Waals surface area contributed by atoms with Gasteiger partial charge >= 0.3 is 0 Å². The van der Waals surface area contributed by atoms with Crippen molar-refractivity contribution in [1.29, 1.82) is 0 Å². The van der Waals surface area contributed by atoms with Gasteiger partial charge in [-0.1, -0.05) is 0 Å². The van der Waals surface area contributed by atoms with E-state index in [0.29, 0.717) is 6.04 Å². The summed E-state index contributed by atoms with van der Waals surface area (Å²) in [4.78, 5) is 0. The highest BCUT2D eigenvalue weighted by Crippen LogP contribution is 2.39. The maximum absolute atomic E-state index is 13.8. The molecule has 1 aromatic carbocycles. The molecule has 0 radical (unpaired) electrons. The van der Waals surface area contributed by atoms with Crippen LogP contribution in [0.5, 0.6) is 0 Å². The Morgan fingerprint density at radius 2 is 2.06 bits per heavy atom. The molecule has 1 nitrogen and oxygen atoms in total. The zero-order chi connectivity index (χ0) is 11.1. The third-order valence-corrected chi connectivity index (χ3v) is 3.86. The molecule has 1 aliphatic heterocycles. The smallest absolute Gasteiger partial charge is 0.129 e. The van der Waals surface area contributed by atoms with Crippen molar-refractivity contribution in [3.8, 4) is 0 Å². The van der Waals surface area contributed by atoms with Crippen LogP contribution in [0.4, 0.5) is 8.78 Å². The Balaban J connectivity index is 1.98. The van der Waals surface area contributed by atoms with E-state index in [1.165, 1.54) is 12.5 Å². The Labute approximate surface area is 93.9 Å². The van der Waals surface area contributed by atoms with Crippen LogP contribution in [-0.4, -0.2) is 12.6 Å². The van der Waals surface area contributed by atoms with Gasteiger partial charge in [-0.15, -0.1) is 0 Å². The summed E-state index contributed by atoms with van der Waals surface area (Å²) >= 11 is 0. The van der Waals surface area contributed by atoms with E-state index >= 15 is 0 Å². The fourth-order valence-electron chi connectivity index (χ4n) is 3.17. The van der Waals surface area contributed by atoms with E-state index in [2.05, 4.69) is 5.32 Å². The van der Waals surface area contributed by atoms with Gasteiger partial charge in [0.2, 0.25) is 0 Å². The second-order valence-electron chi connectivity index (χ2n) is 4.81. The largest absolute Gasteiger partial charge is 0.313 e. The first kappa shape index (κ1) is 10.2. The predicted octanol–water partition coefficient (Wildman–Crippen LogP) is 2.75. The van der Waals surface area contributed by atoms with Crippen molar-refractivity contribution in [3.05, 3.63) is 34.9 Å². The number of fused-ring (bicyclic) bond motifs is 1. The highest BCUT2D eigenvalue weighted by atomic mass is 19.1. The predicted molar refractivity (Wildman–Crippen MR) is 58.4 cm³/mol. The lowest BCUT2D eigenvalue weighted by molar-refractivity contribution is 0.467. The number of nitrogens with one attached hydrogen (secondary N) is 1. The Morgan fingerprint density at radius 1 is 1.19 bits per heavy atom. The summed E-state index contributed by atoms with van der Waals surface area (Å²) in [7, 11) is 0. The van der Waals surface area contributed by atoms with Crippen LogP contribution in [0, 0.1) is 11.6 Å². The number of hydrogen-bond donors (Lipinski definition) is 1. The fraction of sp³-hybridized carbons (Fsp3) is 0.538. The van der Waals surface area contributed by atoms with Gasteiger partial charge in [0.1, 0.15) is 11.6 Å². The molecule has 0 saturated carbocycles. The van der Waals surface area contributed by atoms with Crippen LogP contribution in [0.1, 0.15) is 36.3 Å². The summed E-state index contributed by atoms with van der Waals surface area (Å²) in [6.45, 7) is 1.03. The van der Waals surface area contributed by atoms with Crippen molar-refractivity contribution in [3.63, 3.8) is 0 Å². The molecule has 1 fully saturated rings. The van der Waals surface area contributed by atoms with Crippen molar-refractivity contribution >= 4 is 0 Å². The first-order valence-electron chi connectivity index (χ1n) is 5.97. The van der Waals surface area contributed by atoms with Gasteiger partial charge in [-0.2, -0.15) is 0 Å². The standard InChI is InChI=1S/C13H15F2N/c14-9-6-8-3-4-10(12-2-1-5-16-12)13(8)11(15)7-9/h6-7,10,12,16H,1-5H2/t10-,12+/m0/s1. The summed E-state index contributed by atoms with van der Waals surface area (Å²) in [6.07, 6.45) is 4.04. The molecule has 3 heteroatoms. The number of rotatable bonds is 1. The zero-order valence-electron chi connectivity index (χ0n) is 9.10. The maximum atomic E-state index is 13.8. The third-order valence-electron chi connectivity index (χ3n) is 3.86. The molecule has 86 valence electrons. The van der Waals surface area contributed by atoms with E-state index in [1.54, 1.807) is 0 Å². The van der Waals surface area contributed by atoms with Crippen molar-refractivity contribution in [1.82, 2.24) is 5.32 Å². The van der Waals surface area contributed by atoms with Crippen LogP contribution in [0.3, 0.4) is 0 Å². The summed E-state index contributed by atoms with van der Waals surface area (Å²) in [5, 5.41) is 3.42. The molecule has 16 heavy (non-hydrogen) atoms. The Hall–Kier alpha value is -0.960. The number of hydrogen-bond acceptors (Lipinski definition) is 1. The molecular weight excluding hydrogens is 208 g/mol. The second-order valence-corrected chi connectivity index (χ2v) is 4.81. The molecule has 0 unspecified atom stereocenters. The monoisotopic (exact) mass is 223 g/mol. The zero-order valence-corrected chi connectivity index (χ0v) is 9.10. The maximum Gasteiger partial charge on any atom is 0.129 e. The molecule has 0 spiro atoms. The van der Waals surface area contributed by atoms with Gasteiger partial charge in [-0.05, 0) is 49.4 Å². The van der Waals surface area contributed by atoms with E-state index < -0.39 is 5.82 Å².